The predicted molar refractivity (Wildman–Crippen MR) is 82.2 cm³/mol. The lowest BCUT2D eigenvalue weighted by Gasteiger charge is -2.11. The van der Waals surface area contributed by atoms with Crippen LogP contribution < -0.4 is 9.47 Å². The van der Waals surface area contributed by atoms with Crippen LogP contribution in [0, 0.1) is 6.92 Å². The number of carbonyl (C=O) groups is 2. The SMILES string of the molecule is COc1cccc(C=O)c1OC(=O)c1ccc(C)c(Br)c1. The normalized spacial score (nSPS) is 10.0. The lowest BCUT2D eigenvalue weighted by molar-refractivity contribution is 0.0728. The minimum atomic E-state index is -0.552. The minimum absolute atomic E-state index is 0.122. The van der Waals surface area contributed by atoms with Gasteiger partial charge in [0.2, 0.25) is 0 Å². The van der Waals surface area contributed by atoms with Crippen LogP contribution in [0.15, 0.2) is 40.9 Å². The van der Waals surface area contributed by atoms with Crippen molar-refractivity contribution in [3.05, 3.63) is 57.6 Å². The highest BCUT2D eigenvalue weighted by Crippen LogP contribution is 2.31. The molecule has 108 valence electrons. The monoisotopic (exact) mass is 348 g/mol. The highest BCUT2D eigenvalue weighted by molar-refractivity contribution is 9.10. The van der Waals surface area contributed by atoms with Crippen LogP contribution in [0.3, 0.4) is 0 Å². The van der Waals surface area contributed by atoms with Crippen molar-refractivity contribution in [2.75, 3.05) is 7.11 Å². The number of halogens is 1. The molecule has 5 heteroatoms. The molecule has 0 unspecified atom stereocenters. The van der Waals surface area contributed by atoms with E-state index in [-0.39, 0.29) is 11.3 Å². The Morgan fingerprint density at radius 2 is 2.00 bits per heavy atom. The summed E-state index contributed by atoms with van der Waals surface area (Å²) in [7, 11) is 1.45. The number of rotatable bonds is 4. The summed E-state index contributed by atoms with van der Waals surface area (Å²) in [4.78, 5) is 23.3. The summed E-state index contributed by atoms with van der Waals surface area (Å²) in [6.45, 7) is 1.92. The average molecular weight is 349 g/mol. The van der Waals surface area contributed by atoms with E-state index in [2.05, 4.69) is 15.9 Å². The molecule has 0 aliphatic carbocycles. The smallest absolute Gasteiger partial charge is 0.343 e. The first-order valence-corrected chi connectivity index (χ1v) is 6.96. The second-order valence-electron chi connectivity index (χ2n) is 4.35. The molecular weight excluding hydrogens is 336 g/mol. The van der Waals surface area contributed by atoms with E-state index in [9.17, 15) is 9.59 Å². The number of ether oxygens (including phenoxy) is 2. The number of methoxy groups -OCH3 is 1. The Morgan fingerprint density at radius 3 is 2.62 bits per heavy atom. The standard InChI is InChI=1S/C16H13BrO4/c1-10-6-7-11(8-13(10)17)16(19)21-15-12(9-18)4-3-5-14(15)20-2/h3-9H,1-2H3. The number of benzene rings is 2. The van der Waals surface area contributed by atoms with Gasteiger partial charge in [-0.25, -0.2) is 4.79 Å². The number of aryl methyl sites for hydroxylation is 1. The molecular formula is C16H13BrO4. The zero-order valence-electron chi connectivity index (χ0n) is 11.6. The third-order valence-electron chi connectivity index (χ3n) is 2.96. The van der Waals surface area contributed by atoms with Gasteiger partial charge in [0.25, 0.3) is 0 Å². The molecule has 0 aliphatic heterocycles. The van der Waals surface area contributed by atoms with E-state index < -0.39 is 5.97 Å². The van der Waals surface area contributed by atoms with Crippen molar-refractivity contribution in [2.24, 2.45) is 0 Å². The first kappa shape index (κ1) is 15.3. The van der Waals surface area contributed by atoms with Gasteiger partial charge in [-0.15, -0.1) is 0 Å². The van der Waals surface area contributed by atoms with Gasteiger partial charge in [0.15, 0.2) is 17.8 Å². The van der Waals surface area contributed by atoms with Crippen molar-refractivity contribution < 1.29 is 19.1 Å². The third-order valence-corrected chi connectivity index (χ3v) is 3.81. The number of hydrogen-bond acceptors (Lipinski definition) is 4. The zero-order valence-corrected chi connectivity index (χ0v) is 13.1. The van der Waals surface area contributed by atoms with Crippen LogP contribution in [0.25, 0.3) is 0 Å². The van der Waals surface area contributed by atoms with Crippen molar-refractivity contribution in [3.63, 3.8) is 0 Å². The van der Waals surface area contributed by atoms with Crippen molar-refractivity contribution in [1.82, 2.24) is 0 Å². The van der Waals surface area contributed by atoms with Crippen molar-refractivity contribution >= 4 is 28.2 Å². The molecule has 0 aliphatic rings. The van der Waals surface area contributed by atoms with Crippen LogP contribution in [0.4, 0.5) is 0 Å². The van der Waals surface area contributed by atoms with Gasteiger partial charge in [-0.1, -0.05) is 28.1 Å². The topological polar surface area (TPSA) is 52.6 Å². The van der Waals surface area contributed by atoms with Crippen LogP contribution in [0.1, 0.15) is 26.3 Å². The van der Waals surface area contributed by atoms with Gasteiger partial charge >= 0.3 is 5.97 Å². The Balaban J connectivity index is 2.35. The third kappa shape index (κ3) is 3.31. The fourth-order valence-electron chi connectivity index (χ4n) is 1.77. The van der Waals surface area contributed by atoms with E-state index in [1.54, 1.807) is 30.3 Å². The van der Waals surface area contributed by atoms with E-state index in [4.69, 9.17) is 9.47 Å². The molecule has 21 heavy (non-hydrogen) atoms. The van der Waals surface area contributed by atoms with Gasteiger partial charge < -0.3 is 9.47 Å². The summed E-state index contributed by atoms with van der Waals surface area (Å²) < 4.78 is 11.3. The Kier molecular flexibility index (Phi) is 4.75. The molecule has 0 saturated heterocycles. The van der Waals surface area contributed by atoms with Gasteiger partial charge in [-0.3, -0.25) is 4.79 Å². The van der Waals surface area contributed by atoms with Crippen LogP contribution in [-0.4, -0.2) is 19.4 Å². The number of hydrogen-bond donors (Lipinski definition) is 0. The van der Waals surface area contributed by atoms with Gasteiger partial charge in [0.1, 0.15) is 0 Å². The molecule has 0 bridgehead atoms. The maximum absolute atomic E-state index is 12.2. The maximum Gasteiger partial charge on any atom is 0.343 e. The van der Waals surface area contributed by atoms with Gasteiger partial charge in [0.05, 0.1) is 18.2 Å². The number of esters is 1. The second kappa shape index (κ2) is 6.54. The van der Waals surface area contributed by atoms with E-state index in [0.717, 1.165) is 10.0 Å². The molecule has 0 amide bonds. The van der Waals surface area contributed by atoms with Gasteiger partial charge in [0, 0.05) is 4.47 Å². The Labute approximate surface area is 130 Å². The van der Waals surface area contributed by atoms with Crippen LogP contribution in [-0.2, 0) is 0 Å². The van der Waals surface area contributed by atoms with Crippen LogP contribution in [0.5, 0.6) is 11.5 Å². The second-order valence-corrected chi connectivity index (χ2v) is 5.20. The van der Waals surface area contributed by atoms with E-state index in [0.29, 0.717) is 17.6 Å². The fraction of sp³-hybridized carbons (Fsp3) is 0.125. The molecule has 0 N–H and O–H groups in total. The maximum atomic E-state index is 12.2. The first-order chi connectivity index (χ1) is 10.1. The Bertz CT molecular complexity index is 695. The summed E-state index contributed by atoms with van der Waals surface area (Å²) in [5.41, 5.74) is 1.65. The predicted octanol–water partition coefficient (Wildman–Crippen LogP) is 3.80. The molecule has 0 aromatic heterocycles. The number of aldehydes is 1. The Morgan fingerprint density at radius 1 is 1.24 bits per heavy atom. The summed E-state index contributed by atoms with van der Waals surface area (Å²) in [6.07, 6.45) is 0.621. The van der Waals surface area contributed by atoms with E-state index in [1.165, 1.54) is 7.11 Å². The van der Waals surface area contributed by atoms with Crippen molar-refractivity contribution in [1.29, 1.82) is 0 Å². The van der Waals surface area contributed by atoms with Gasteiger partial charge in [-0.05, 0) is 36.8 Å². The molecule has 4 nitrogen and oxygen atoms in total. The Hall–Kier alpha value is -2.14. The largest absolute Gasteiger partial charge is 0.493 e. The van der Waals surface area contributed by atoms with Crippen LogP contribution in [0.2, 0.25) is 0 Å². The molecule has 0 saturated carbocycles. The molecule has 2 aromatic rings. The number of carbonyl (C=O) groups excluding carboxylic acids is 2. The van der Waals surface area contributed by atoms with Crippen LogP contribution >= 0.6 is 15.9 Å². The summed E-state index contributed by atoms with van der Waals surface area (Å²) in [6, 6.07) is 9.99. The minimum Gasteiger partial charge on any atom is -0.493 e. The molecule has 2 aromatic carbocycles. The highest BCUT2D eigenvalue weighted by atomic mass is 79.9. The molecule has 2 rings (SSSR count). The van der Waals surface area contributed by atoms with E-state index in [1.807, 2.05) is 13.0 Å². The molecule has 0 fully saturated rings. The zero-order chi connectivity index (χ0) is 15.4. The summed E-state index contributed by atoms with van der Waals surface area (Å²) >= 11 is 3.37. The number of para-hydroxylation sites is 1. The lowest BCUT2D eigenvalue weighted by Crippen LogP contribution is -2.11. The summed E-state index contributed by atoms with van der Waals surface area (Å²) in [5, 5.41) is 0. The fourth-order valence-corrected chi connectivity index (χ4v) is 2.15. The quantitative estimate of drug-likeness (QED) is 0.479. The van der Waals surface area contributed by atoms with Gasteiger partial charge in [-0.2, -0.15) is 0 Å². The molecule has 0 atom stereocenters. The molecule has 0 spiro atoms. The molecule has 0 heterocycles. The molecule has 0 radical (unpaired) electrons. The van der Waals surface area contributed by atoms with Crippen molar-refractivity contribution in [3.8, 4) is 11.5 Å². The highest BCUT2D eigenvalue weighted by Gasteiger charge is 2.16. The lowest BCUT2D eigenvalue weighted by atomic mass is 10.1. The average Bonchev–Trinajstić information content (AvgIpc) is 2.50. The first-order valence-electron chi connectivity index (χ1n) is 6.17. The van der Waals surface area contributed by atoms with Crippen molar-refractivity contribution in [2.45, 2.75) is 6.92 Å². The summed E-state index contributed by atoms with van der Waals surface area (Å²) in [5.74, 6) is -0.0980. The van der Waals surface area contributed by atoms with E-state index >= 15 is 0 Å².